The van der Waals surface area contributed by atoms with E-state index in [2.05, 4.69) is 109 Å². The molecule has 4 nitrogen and oxygen atoms in total. The van der Waals surface area contributed by atoms with Crippen molar-refractivity contribution in [2.24, 2.45) is 0 Å². The van der Waals surface area contributed by atoms with Gasteiger partial charge in [-0.2, -0.15) is 0 Å². The van der Waals surface area contributed by atoms with Gasteiger partial charge in [0, 0.05) is 27.8 Å². The maximum atomic E-state index is 6.33. The highest BCUT2D eigenvalue weighted by Crippen LogP contribution is 2.35. The van der Waals surface area contributed by atoms with Gasteiger partial charge in [0.2, 0.25) is 5.89 Å². The van der Waals surface area contributed by atoms with Crippen LogP contribution in [0.2, 0.25) is 0 Å². The van der Waals surface area contributed by atoms with Crippen LogP contribution in [0, 0.1) is 0 Å². The molecule has 4 heteroatoms. The summed E-state index contributed by atoms with van der Waals surface area (Å²) in [5.74, 6) is 1.32. The van der Waals surface area contributed by atoms with E-state index >= 15 is 0 Å². The normalized spacial score (nSPS) is 11.3. The lowest BCUT2D eigenvalue weighted by molar-refractivity contribution is 0.621. The lowest BCUT2D eigenvalue weighted by Gasteiger charge is -2.11. The molecule has 0 aliphatic rings. The summed E-state index contributed by atoms with van der Waals surface area (Å²) in [6.07, 6.45) is 0. The lowest BCUT2D eigenvalue weighted by Crippen LogP contribution is -1.96. The second-order valence-electron chi connectivity index (χ2n) is 12.1. The van der Waals surface area contributed by atoms with E-state index in [1.807, 2.05) is 66.7 Å². The molecule has 0 aliphatic heterocycles. The van der Waals surface area contributed by atoms with Crippen LogP contribution >= 0.6 is 0 Å². The van der Waals surface area contributed by atoms with Crippen molar-refractivity contribution in [1.82, 2.24) is 15.0 Å². The first-order valence-electron chi connectivity index (χ1n) is 16.4. The van der Waals surface area contributed by atoms with Gasteiger partial charge >= 0.3 is 0 Å². The third-order valence-corrected chi connectivity index (χ3v) is 8.93. The van der Waals surface area contributed by atoms with E-state index in [4.69, 9.17) is 19.4 Å². The van der Waals surface area contributed by atoms with Crippen molar-refractivity contribution in [2.45, 2.75) is 0 Å². The first-order valence-corrected chi connectivity index (χ1v) is 16.4. The summed E-state index contributed by atoms with van der Waals surface area (Å²) < 4.78 is 6.33. The first kappa shape index (κ1) is 28.6. The number of oxazole rings is 1. The fraction of sp³-hybridized carbons (Fsp3) is 0. The van der Waals surface area contributed by atoms with Crippen LogP contribution in [0.1, 0.15) is 0 Å². The van der Waals surface area contributed by atoms with E-state index in [0.29, 0.717) is 11.7 Å². The fourth-order valence-electron chi connectivity index (χ4n) is 6.38. The second kappa shape index (κ2) is 12.2. The minimum absolute atomic E-state index is 0.625. The van der Waals surface area contributed by atoms with Gasteiger partial charge < -0.3 is 4.42 Å². The third kappa shape index (κ3) is 5.56. The molecule has 0 saturated heterocycles. The summed E-state index contributed by atoms with van der Waals surface area (Å²) in [5.41, 5.74) is 11.9. The van der Waals surface area contributed by atoms with E-state index in [-0.39, 0.29) is 0 Å². The molecule has 0 N–H and O–H groups in total. The van der Waals surface area contributed by atoms with Crippen LogP contribution in [0.4, 0.5) is 0 Å². The molecular weight excluding hydrogens is 599 g/mol. The number of nitrogens with zero attached hydrogens (tertiary/aromatic N) is 3. The SMILES string of the molecule is c1ccc(-c2ccc(-c3cc(-c4ccc5cc(-c6cccc7nc(-c8ccccc8)oc67)ccc5c4)nc(-c4ccccc4)n3)cc2)cc1. The van der Waals surface area contributed by atoms with Crippen molar-refractivity contribution >= 4 is 21.9 Å². The minimum atomic E-state index is 0.625. The Morgan fingerprint density at radius 3 is 1.57 bits per heavy atom. The van der Waals surface area contributed by atoms with Gasteiger partial charge in [0.05, 0.1) is 11.4 Å². The number of rotatable bonds is 6. The Morgan fingerprint density at radius 2 is 0.878 bits per heavy atom. The Balaban J connectivity index is 1.10. The molecule has 2 heterocycles. The molecule has 0 bridgehead atoms. The summed E-state index contributed by atoms with van der Waals surface area (Å²) in [6.45, 7) is 0. The Labute approximate surface area is 284 Å². The largest absolute Gasteiger partial charge is 0.435 e. The van der Waals surface area contributed by atoms with Gasteiger partial charge in [-0.25, -0.2) is 15.0 Å². The summed E-state index contributed by atoms with van der Waals surface area (Å²) in [4.78, 5) is 14.9. The van der Waals surface area contributed by atoms with E-state index in [1.54, 1.807) is 0 Å². The summed E-state index contributed by atoms with van der Waals surface area (Å²) >= 11 is 0. The first-order chi connectivity index (χ1) is 24.2. The van der Waals surface area contributed by atoms with Gasteiger partial charge in [-0.05, 0) is 63.9 Å². The number of hydrogen-bond acceptors (Lipinski definition) is 4. The molecule has 7 aromatic carbocycles. The fourth-order valence-corrected chi connectivity index (χ4v) is 6.38. The van der Waals surface area contributed by atoms with Crippen molar-refractivity contribution in [3.8, 4) is 67.6 Å². The molecule has 9 rings (SSSR count). The molecule has 2 aromatic heterocycles. The smallest absolute Gasteiger partial charge is 0.227 e. The zero-order valence-electron chi connectivity index (χ0n) is 26.5. The van der Waals surface area contributed by atoms with Gasteiger partial charge in [0.1, 0.15) is 5.52 Å². The van der Waals surface area contributed by atoms with Crippen molar-refractivity contribution in [2.75, 3.05) is 0 Å². The standard InChI is InChI=1S/C45H29N3O/c1-4-11-30(12-5-1)31-19-21-32(22-20-31)41-29-42(47-44(46-41)33-13-6-2-7-14-33)38-26-24-35-27-37(25-23-36(35)28-38)39-17-10-18-40-43(39)49-45(48-40)34-15-8-3-9-16-34/h1-29H. The molecule has 0 radical (unpaired) electrons. The van der Waals surface area contributed by atoms with E-state index in [1.165, 1.54) is 11.1 Å². The van der Waals surface area contributed by atoms with Crippen LogP contribution < -0.4 is 0 Å². The number of benzene rings is 7. The van der Waals surface area contributed by atoms with Crippen molar-refractivity contribution in [3.05, 3.63) is 176 Å². The highest BCUT2D eigenvalue weighted by Gasteiger charge is 2.15. The molecule has 0 spiro atoms. The van der Waals surface area contributed by atoms with Gasteiger partial charge in [0.25, 0.3) is 0 Å². The van der Waals surface area contributed by atoms with Crippen LogP contribution in [0.5, 0.6) is 0 Å². The van der Waals surface area contributed by atoms with Crippen LogP contribution in [0.25, 0.3) is 89.5 Å². The predicted molar refractivity (Wildman–Crippen MR) is 200 cm³/mol. The zero-order chi connectivity index (χ0) is 32.6. The zero-order valence-corrected chi connectivity index (χ0v) is 26.5. The maximum Gasteiger partial charge on any atom is 0.227 e. The predicted octanol–water partition coefficient (Wildman–Crippen LogP) is 11.8. The van der Waals surface area contributed by atoms with Crippen molar-refractivity contribution < 1.29 is 4.42 Å². The van der Waals surface area contributed by atoms with Gasteiger partial charge in [-0.15, -0.1) is 0 Å². The molecule has 0 atom stereocenters. The van der Waals surface area contributed by atoms with E-state index < -0.39 is 0 Å². The average molecular weight is 628 g/mol. The molecule has 0 unspecified atom stereocenters. The Morgan fingerprint density at radius 1 is 0.347 bits per heavy atom. The molecule has 0 aliphatic carbocycles. The molecule has 230 valence electrons. The number of fused-ring (bicyclic) bond motifs is 2. The number of para-hydroxylation sites is 1. The topological polar surface area (TPSA) is 51.8 Å². The minimum Gasteiger partial charge on any atom is -0.435 e. The summed E-state index contributed by atoms with van der Waals surface area (Å²) in [7, 11) is 0. The van der Waals surface area contributed by atoms with Gasteiger partial charge in [-0.1, -0.05) is 140 Å². The summed E-state index contributed by atoms with van der Waals surface area (Å²) in [6, 6.07) is 60.5. The van der Waals surface area contributed by atoms with E-state index in [0.717, 1.165) is 66.6 Å². The van der Waals surface area contributed by atoms with Crippen molar-refractivity contribution in [3.63, 3.8) is 0 Å². The Bertz CT molecular complexity index is 2580. The highest BCUT2D eigenvalue weighted by atomic mass is 16.3. The lowest BCUT2D eigenvalue weighted by atomic mass is 9.98. The monoisotopic (exact) mass is 627 g/mol. The molecule has 0 fully saturated rings. The number of hydrogen-bond donors (Lipinski definition) is 0. The molecule has 9 aromatic rings. The molecular formula is C45H29N3O. The van der Waals surface area contributed by atoms with Crippen LogP contribution in [0.15, 0.2) is 180 Å². The van der Waals surface area contributed by atoms with E-state index in [9.17, 15) is 0 Å². The third-order valence-electron chi connectivity index (χ3n) is 8.93. The second-order valence-corrected chi connectivity index (χ2v) is 12.1. The Kier molecular flexibility index (Phi) is 7.10. The summed E-state index contributed by atoms with van der Waals surface area (Å²) in [5, 5.41) is 2.26. The maximum absolute atomic E-state index is 6.33. The van der Waals surface area contributed by atoms with Crippen LogP contribution in [-0.2, 0) is 0 Å². The molecule has 0 saturated carbocycles. The number of aromatic nitrogens is 3. The molecule has 49 heavy (non-hydrogen) atoms. The quantitative estimate of drug-likeness (QED) is 0.184. The van der Waals surface area contributed by atoms with Gasteiger partial charge in [-0.3, -0.25) is 0 Å². The Hall–Kier alpha value is -6.65. The highest BCUT2D eigenvalue weighted by molar-refractivity contribution is 5.96. The molecule has 0 amide bonds. The van der Waals surface area contributed by atoms with Crippen LogP contribution in [-0.4, -0.2) is 15.0 Å². The average Bonchev–Trinajstić information content (AvgIpc) is 3.63. The van der Waals surface area contributed by atoms with Crippen molar-refractivity contribution in [1.29, 1.82) is 0 Å². The van der Waals surface area contributed by atoms with Gasteiger partial charge in [0.15, 0.2) is 11.4 Å². The van der Waals surface area contributed by atoms with Crippen LogP contribution in [0.3, 0.4) is 0 Å².